The number of benzene rings is 1. The van der Waals surface area contributed by atoms with E-state index < -0.39 is 0 Å². The molecule has 4 heteroatoms. The van der Waals surface area contributed by atoms with Gasteiger partial charge in [0.1, 0.15) is 5.75 Å². The first kappa shape index (κ1) is 22.4. The highest BCUT2D eigenvalue weighted by Gasteiger charge is 2.10. The van der Waals surface area contributed by atoms with Crippen LogP contribution in [0.5, 0.6) is 5.75 Å². The highest BCUT2D eigenvalue weighted by Crippen LogP contribution is 2.27. The van der Waals surface area contributed by atoms with E-state index in [0.717, 1.165) is 35.4 Å². The Balaban J connectivity index is 1.86. The second-order valence-corrected chi connectivity index (χ2v) is 8.38. The average Bonchev–Trinajstić information content (AvgIpc) is 2.65. The molecule has 0 radical (unpaired) electrons. The largest absolute Gasteiger partial charge is 0.483 e. The summed E-state index contributed by atoms with van der Waals surface area (Å²) in [7, 11) is 0. The summed E-state index contributed by atoms with van der Waals surface area (Å²) in [5.74, 6) is 0.966. The molecule has 0 unspecified atom stereocenters. The number of ether oxygens (including phenoxy) is 1. The molecule has 1 aliphatic carbocycles. The summed E-state index contributed by atoms with van der Waals surface area (Å²) in [5, 5.41) is 4.44. The molecule has 0 aromatic heterocycles. The first-order valence-corrected chi connectivity index (χ1v) is 11.1. The van der Waals surface area contributed by atoms with Gasteiger partial charge in [0.05, 0.1) is 0 Å². The summed E-state index contributed by atoms with van der Waals surface area (Å²) in [5.41, 5.74) is 6.12. The van der Waals surface area contributed by atoms with Gasteiger partial charge >= 0.3 is 0 Å². The fourth-order valence-electron chi connectivity index (χ4n) is 3.69. The van der Waals surface area contributed by atoms with Crippen LogP contribution in [0.25, 0.3) is 0 Å². The molecule has 0 atom stereocenters. The molecule has 4 nitrogen and oxygen atoms in total. The van der Waals surface area contributed by atoms with Crippen LogP contribution in [0.4, 0.5) is 0 Å². The monoisotopic (exact) mass is 386 g/mol. The van der Waals surface area contributed by atoms with E-state index in [-0.39, 0.29) is 12.5 Å². The molecule has 1 aliphatic rings. The molecule has 156 valence electrons. The maximum atomic E-state index is 12.3. The minimum atomic E-state index is -0.185. The highest BCUT2D eigenvalue weighted by atomic mass is 16.5. The highest BCUT2D eigenvalue weighted by molar-refractivity contribution is 5.86. The van der Waals surface area contributed by atoms with Gasteiger partial charge in [0.2, 0.25) is 0 Å². The fourth-order valence-corrected chi connectivity index (χ4v) is 3.69. The van der Waals surface area contributed by atoms with Gasteiger partial charge in [-0.1, -0.05) is 70.9 Å². The van der Waals surface area contributed by atoms with Crippen LogP contribution in [0.3, 0.4) is 0 Å². The van der Waals surface area contributed by atoms with Crippen LogP contribution < -0.4 is 10.2 Å². The second kappa shape index (κ2) is 12.6. The van der Waals surface area contributed by atoms with Crippen molar-refractivity contribution in [3.8, 4) is 5.75 Å². The molecular weight excluding hydrogens is 348 g/mol. The van der Waals surface area contributed by atoms with E-state index in [0.29, 0.717) is 5.92 Å². The van der Waals surface area contributed by atoms with Gasteiger partial charge < -0.3 is 4.74 Å². The molecule has 1 aromatic rings. The molecule has 2 rings (SSSR count). The molecule has 0 saturated heterocycles. The van der Waals surface area contributed by atoms with E-state index in [4.69, 9.17) is 4.74 Å². The van der Waals surface area contributed by atoms with Gasteiger partial charge in [-0.25, -0.2) is 5.43 Å². The number of nitrogens with zero attached hydrogens (tertiary/aromatic N) is 1. The second-order valence-electron chi connectivity index (χ2n) is 8.38. The minimum absolute atomic E-state index is 0.0000463. The lowest BCUT2D eigenvalue weighted by Crippen LogP contribution is -2.26. The zero-order valence-corrected chi connectivity index (χ0v) is 18.1. The van der Waals surface area contributed by atoms with Crippen LogP contribution in [-0.4, -0.2) is 18.2 Å². The number of carbonyl (C=O) groups is 1. The van der Waals surface area contributed by atoms with Gasteiger partial charge in [0.15, 0.2) is 6.61 Å². The van der Waals surface area contributed by atoms with E-state index in [1.165, 1.54) is 57.8 Å². The number of amides is 1. The van der Waals surface area contributed by atoms with E-state index >= 15 is 0 Å². The number of hydrogen-bond donors (Lipinski definition) is 1. The van der Waals surface area contributed by atoms with Crippen molar-refractivity contribution in [2.45, 2.75) is 97.3 Å². The minimum Gasteiger partial charge on any atom is -0.483 e. The summed E-state index contributed by atoms with van der Waals surface area (Å²) >= 11 is 0. The summed E-state index contributed by atoms with van der Waals surface area (Å²) in [6, 6.07) is 6.16. The summed E-state index contributed by atoms with van der Waals surface area (Å²) in [4.78, 5) is 12.3. The third-order valence-corrected chi connectivity index (χ3v) is 5.42. The van der Waals surface area contributed by atoms with Gasteiger partial charge in [-0.15, -0.1) is 0 Å². The average molecular weight is 387 g/mol. The number of nitrogens with one attached hydrogen (secondary N) is 1. The van der Waals surface area contributed by atoms with Crippen LogP contribution >= 0.6 is 0 Å². The van der Waals surface area contributed by atoms with Crippen molar-refractivity contribution in [2.24, 2.45) is 5.10 Å². The molecule has 0 heterocycles. The van der Waals surface area contributed by atoms with Gasteiger partial charge in [-0.3, -0.25) is 4.79 Å². The van der Waals surface area contributed by atoms with Gasteiger partial charge in [0, 0.05) is 5.71 Å². The predicted molar refractivity (Wildman–Crippen MR) is 117 cm³/mol. The van der Waals surface area contributed by atoms with Crippen LogP contribution in [-0.2, 0) is 4.79 Å². The molecule has 1 amide bonds. The molecule has 0 bridgehead atoms. The standard InChI is InChI=1S/C24H38N2O2/c1-19(2)22-16-15-20(3)17-23(22)28-18-24(27)26-25-21-13-11-9-7-5-4-6-8-10-12-14-21/h15-17,19H,4-14,18H2,1-3H3,(H,26,27). The van der Waals surface area contributed by atoms with E-state index in [9.17, 15) is 4.79 Å². The normalized spacial score (nSPS) is 16.8. The van der Waals surface area contributed by atoms with Crippen molar-refractivity contribution in [1.29, 1.82) is 0 Å². The Kier molecular flexibility index (Phi) is 10.1. The zero-order valence-electron chi connectivity index (χ0n) is 18.1. The Morgan fingerprint density at radius 2 is 1.57 bits per heavy atom. The lowest BCUT2D eigenvalue weighted by Gasteiger charge is -2.14. The molecule has 28 heavy (non-hydrogen) atoms. The van der Waals surface area contributed by atoms with Gasteiger partial charge in [0.25, 0.3) is 5.91 Å². The number of aryl methyl sites for hydroxylation is 1. The maximum Gasteiger partial charge on any atom is 0.277 e. The topological polar surface area (TPSA) is 50.7 Å². The first-order chi connectivity index (χ1) is 13.6. The maximum absolute atomic E-state index is 12.3. The molecule has 0 spiro atoms. The Morgan fingerprint density at radius 3 is 2.14 bits per heavy atom. The molecule has 1 saturated carbocycles. The molecule has 0 aliphatic heterocycles. The van der Waals surface area contributed by atoms with Crippen molar-refractivity contribution in [1.82, 2.24) is 5.43 Å². The number of rotatable bonds is 5. The van der Waals surface area contributed by atoms with Crippen LogP contribution in [0, 0.1) is 6.92 Å². The van der Waals surface area contributed by atoms with Crippen LogP contribution in [0.15, 0.2) is 23.3 Å². The van der Waals surface area contributed by atoms with Crippen LogP contribution in [0.1, 0.15) is 102 Å². The van der Waals surface area contributed by atoms with Crippen molar-refractivity contribution >= 4 is 11.6 Å². The Hall–Kier alpha value is -1.84. The third-order valence-electron chi connectivity index (χ3n) is 5.42. The lowest BCUT2D eigenvalue weighted by molar-refractivity contribution is -0.123. The van der Waals surface area contributed by atoms with E-state index in [1.54, 1.807) is 0 Å². The number of hydrazone groups is 1. The smallest absolute Gasteiger partial charge is 0.277 e. The lowest BCUT2D eigenvalue weighted by atomic mass is 10.00. The summed E-state index contributed by atoms with van der Waals surface area (Å²) in [6.45, 7) is 6.30. The quantitative estimate of drug-likeness (QED) is 0.606. The fraction of sp³-hybridized carbons (Fsp3) is 0.667. The van der Waals surface area contributed by atoms with Crippen molar-refractivity contribution < 1.29 is 9.53 Å². The van der Waals surface area contributed by atoms with Crippen LogP contribution in [0.2, 0.25) is 0 Å². The van der Waals surface area contributed by atoms with E-state index in [2.05, 4.69) is 36.5 Å². The Morgan fingerprint density at radius 1 is 1.00 bits per heavy atom. The van der Waals surface area contributed by atoms with Gasteiger partial charge in [-0.2, -0.15) is 5.10 Å². The van der Waals surface area contributed by atoms with Crippen molar-refractivity contribution in [2.75, 3.05) is 6.61 Å². The molecule has 1 aromatic carbocycles. The van der Waals surface area contributed by atoms with Gasteiger partial charge in [-0.05, 0) is 55.7 Å². The third kappa shape index (κ3) is 8.45. The number of hydrogen-bond acceptors (Lipinski definition) is 3. The molecule has 1 fully saturated rings. The van der Waals surface area contributed by atoms with Crippen molar-refractivity contribution in [3.63, 3.8) is 0 Å². The Labute approximate surface area is 171 Å². The predicted octanol–water partition coefficient (Wildman–Crippen LogP) is 6.27. The summed E-state index contributed by atoms with van der Waals surface area (Å²) in [6.07, 6.45) is 13.6. The Bertz CT molecular complexity index is 623. The SMILES string of the molecule is Cc1ccc(C(C)C)c(OCC(=O)NN=C2CCCCCCCCCCC2)c1. The summed E-state index contributed by atoms with van der Waals surface area (Å²) < 4.78 is 5.81. The molecular formula is C24H38N2O2. The zero-order chi connectivity index (χ0) is 20.2. The van der Waals surface area contributed by atoms with Crippen molar-refractivity contribution in [3.05, 3.63) is 29.3 Å². The number of carbonyl (C=O) groups excluding carboxylic acids is 1. The van der Waals surface area contributed by atoms with E-state index in [1.807, 2.05) is 13.0 Å². The molecule has 1 N–H and O–H groups in total. The first-order valence-electron chi connectivity index (χ1n) is 11.1.